The van der Waals surface area contributed by atoms with Crippen molar-refractivity contribution in [3.63, 3.8) is 0 Å². The predicted octanol–water partition coefficient (Wildman–Crippen LogP) is 4.32. The second-order valence-electron chi connectivity index (χ2n) is 5.11. The maximum Gasteiger partial charge on any atom is 0.119 e. The van der Waals surface area contributed by atoms with Crippen molar-refractivity contribution in [2.75, 3.05) is 7.11 Å². The topological polar surface area (TPSA) is 35.2 Å². The maximum atomic E-state index is 6.34. The minimum Gasteiger partial charge on any atom is -0.497 e. The van der Waals surface area contributed by atoms with Crippen LogP contribution in [0, 0.1) is 13.8 Å². The molecule has 0 saturated carbocycles. The molecule has 0 saturated heterocycles. The molecule has 2 rings (SSSR count). The van der Waals surface area contributed by atoms with Gasteiger partial charge in [0.1, 0.15) is 5.75 Å². The SMILES string of the molecule is COc1ccc(Br)c(CC(N)c2ccc(C)c(C)c2)c1. The number of halogens is 1. The molecule has 1 unspecified atom stereocenters. The van der Waals surface area contributed by atoms with Gasteiger partial charge < -0.3 is 10.5 Å². The van der Waals surface area contributed by atoms with E-state index in [1.165, 1.54) is 16.7 Å². The van der Waals surface area contributed by atoms with E-state index in [0.717, 1.165) is 22.2 Å². The zero-order valence-corrected chi connectivity index (χ0v) is 13.7. The Bertz CT molecular complexity index is 610. The molecule has 0 heterocycles. The molecule has 0 radical (unpaired) electrons. The van der Waals surface area contributed by atoms with Crippen LogP contribution in [-0.2, 0) is 6.42 Å². The quantitative estimate of drug-likeness (QED) is 0.904. The van der Waals surface area contributed by atoms with Crippen LogP contribution in [0.2, 0.25) is 0 Å². The summed E-state index contributed by atoms with van der Waals surface area (Å²) in [5.74, 6) is 0.857. The Morgan fingerprint density at radius 2 is 1.85 bits per heavy atom. The molecule has 2 aromatic carbocycles. The number of ether oxygens (including phenoxy) is 1. The molecule has 20 heavy (non-hydrogen) atoms. The molecule has 3 heteroatoms. The van der Waals surface area contributed by atoms with Gasteiger partial charge in [0.2, 0.25) is 0 Å². The van der Waals surface area contributed by atoms with Gasteiger partial charge in [-0.05, 0) is 60.7 Å². The van der Waals surface area contributed by atoms with Gasteiger partial charge in [0.05, 0.1) is 7.11 Å². The van der Waals surface area contributed by atoms with Gasteiger partial charge in [-0.15, -0.1) is 0 Å². The van der Waals surface area contributed by atoms with E-state index in [1.54, 1.807) is 7.11 Å². The van der Waals surface area contributed by atoms with Crippen molar-refractivity contribution in [3.05, 3.63) is 63.1 Å². The molecule has 0 aliphatic heterocycles. The lowest BCUT2D eigenvalue weighted by Gasteiger charge is -2.15. The third-order valence-electron chi connectivity index (χ3n) is 3.65. The lowest BCUT2D eigenvalue weighted by atomic mass is 9.96. The van der Waals surface area contributed by atoms with Crippen molar-refractivity contribution < 1.29 is 4.74 Å². The Hall–Kier alpha value is -1.32. The molecule has 0 amide bonds. The van der Waals surface area contributed by atoms with Gasteiger partial charge in [0, 0.05) is 10.5 Å². The van der Waals surface area contributed by atoms with Crippen LogP contribution in [0.15, 0.2) is 40.9 Å². The molecule has 1 atom stereocenters. The molecule has 0 spiro atoms. The van der Waals surface area contributed by atoms with E-state index >= 15 is 0 Å². The molecule has 0 aliphatic rings. The predicted molar refractivity (Wildman–Crippen MR) is 87.2 cm³/mol. The van der Waals surface area contributed by atoms with Crippen molar-refractivity contribution in [3.8, 4) is 5.75 Å². The van der Waals surface area contributed by atoms with Crippen molar-refractivity contribution in [2.24, 2.45) is 5.73 Å². The highest BCUT2D eigenvalue weighted by molar-refractivity contribution is 9.10. The number of hydrogen-bond donors (Lipinski definition) is 1. The van der Waals surface area contributed by atoms with Gasteiger partial charge in [0.25, 0.3) is 0 Å². The lowest BCUT2D eigenvalue weighted by Crippen LogP contribution is -2.14. The van der Waals surface area contributed by atoms with Crippen LogP contribution >= 0.6 is 15.9 Å². The number of aryl methyl sites for hydroxylation is 2. The second kappa shape index (κ2) is 6.42. The minimum absolute atomic E-state index is 0.0160. The Morgan fingerprint density at radius 1 is 1.10 bits per heavy atom. The van der Waals surface area contributed by atoms with Crippen LogP contribution in [0.5, 0.6) is 5.75 Å². The zero-order valence-electron chi connectivity index (χ0n) is 12.1. The summed E-state index contributed by atoms with van der Waals surface area (Å²) in [7, 11) is 1.68. The first-order valence-electron chi connectivity index (χ1n) is 6.66. The smallest absolute Gasteiger partial charge is 0.119 e. The fourth-order valence-corrected chi connectivity index (χ4v) is 2.59. The van der Waals surface area contributed by atoms with Gasteiger partial charge in [0.15, 0.2) is 0 Å². The Kier molecular flexibility index (Phi) is 4.84. The average Bonchev–Trinajstić information content (AvgIpc) is 2.44. The number of hydrogen-bond acceptors (Lipinski definition) is 2. The highest BCUT2D eigenvalue weighted by Crippen LogP contribution is 2.27. The minimum atomic E-state index is -0.0160. The van der Waals surface area contributed by atoms with Crippen LogP contribution in [0.3, 0.4) is 0 Å². The normalized spacial score (nSPS) is 12.2. The summed E-state index contributed by atoms with van der Waals surface area (Å²) < 4.78 is 6.34. The van der Waals surface area contributed by atoms with E-state index in [1.807, 2.05) is 18.2 Å². The summed E-state index contributed by atoms with van der Waals surface area (Å²) >= 11 is 3.58. The molecule has 2 nitrogen and oxygen atoms in total. The lowest BCUT2D eigenvalue weighted by molar-refractivity contribution is 0.414. The summed E-state index contributed by atoms with van der Waals surface area (Å²) in [5, 5.41) is 0. The molecule has 2 aromatic rings. The Balaban J connectivity index is 2.22. The third kappa shape index (κ3) is 3.41. The van der Waals surface area contributed by atoms with Crippen molar-refractivity contribution in [2.45, 2.75) is 26.3 Å². The van der Waals surface area contributed by atoms with Gasteiger partial charge >= 0.3 is 0 Å². The molecule has 2 N–H and O–H groups in total. The fourth-order valence-electron chi connectivity index (χ4n) is 2.18. The molecule has 0 fully saturated rings. The Labute approximate surface area is 129 Å². The van der Waals surface area contributed by atoms with E-state index in [-0.39, 0.29) is 6.04 Å². The number of methoxy groups -OCH3 is 1. The first kappa shape index (κ1) is 15.1. The largest absolute Gasteiger partial charge is 0.497 e. The summed E-state index contributed by atoms with van der Waals surface area (Å²) in [6, 6.07) is 12.4. The van der Waals surface area contributed by atoms with E-state index in [2.05, 4.69) is 48.0 Å². The fraction of sp³-hybridized carbons (Fsp3) is 0.294. The first-order chi connectivity index (χ1) is 9.51. The standard InChI is InChI=1S/C17H20BrNO/c1-11-4-5-13(8-12(11)2)17(19)10-14-9-15(20-3)6-7-16(14)18/h4-9,17H,10,19H2,1-3H3. The van der Waals surface area contributed by atoms with E-state index in [4.69, 9.17) is 10.5 Å². The second-order valence-corrected chi connectivity index (χ2v) is 5.97. The average molecular weight is 334 g/mol. The summed E-state index contributed by atoms with van der Waals surface area (Å²) in [4.78, 5) is 0. The Morgan fingerprint density at radius 3 is 2.50 bits per heavy atom. The van der Waals surface area contributed by atoms with Crippen LogP contribution < -0.4 is 10.5 Å². The molecule has 0 aliphatic carbocycles. The first-order valence-corrected chi connectivity index (χ1v) is 7.45. The van der Waals surface area contributed by atoms with Crippen molar-refractivity contribution >= 4 is 15.9 Å². The van der Waals surface area contributed by atoms with Crippen molar-refractivity contribution in [1.82, 2.24) is 0 Å². The zero-order chi connectivity index (χ0) is 14.7. The molecule has 0 aromatic heterocycles. The van der Waals surface area contributed by atoms with E-state index in [9.17, 15) is 0 Å². The van der Waals surface area contributed by atoms with E-state index < -0.39 is 0 Å². The van der Waals surface area contributed by atoms with Crippen LogP contribution in [0.1, 0.15) is 28.3 Å². The van der Waals surface area contributed by atoms with Gasteiger partial charge in [-0.25, -0.2) is 0 Å². The van der Waals surface area contributed by atoms with E-state index in [0.29, 0.717) is 0 Å². The monoisotopic (exact) mass is 333 g/mol. The summed E-state index contributed by atoms with van der Waals surface area (Å²) in [6.07, 6.45) is 0.778. The molecular weight excluding hydrogens is 314 g/mol. The number of benzene rings is 2. The summed E-state index contributed by atoms with van der Waals surface area (Å²) in [5.41, 5.74) is 11.3. The van der Waals surface area contributed by atoms with Gasteiger partial charge in [-0.2, -0.15) is 0 Å². The number of nitrogens with two attached hydrogens (primary N) is 1. The van der Waals surface area contributed by atoms with Crippen LogP contribution in [0.25, 0.3) is 0 Å². The van der Waals surface area contributed by atoms with Gasteiger partial charge in [-0.3, -0.25) is 0 Å². The van der Waals surface area contributed by atoms with Crippen LogP contribution in [0.4, 0.5) is 0 Å². The molecule has 106 valence electrons. The van der Waals surface area contributed by atoms with Gasteiger partial charge in [-0.1, -0.05) is 34.1 Å². The highest BCUT2D eigenvalue weighted by atomic mass is 79.9. The highest BCUT2D eigenvalue weighted by Gasteiger charge is 2.11. The third-order valence-corrected chi connectivity index (χ3v) is 4.43. The maximum absolute atomic E-state index is 6.34. The molecular formula is C17H20BrNO. The van der Waals surface area contributed by atoms with Crippen LogP contribution in [-0.4, -0.2) is 7.11 Å². The summed E-state index contributed by atoms with van der Waals surface area (Å²) in [6.45, 7) is 4.23. The number of rotatable bonds is 4. The van der Waals surface area contributed by atoms with Crippen molar-refractivity contribution in [1.29, 1.82) is 0 Å². The molecule has 0 bridgehead atoms.